The normalized spacial score (nSPS) is 11.5. The van der Waals surface area contributed by atoms with Crippen molar-refractivity contribution in [3.8, 4) is 0 Å². The van der Waals surface area contributed by atoms with Crippen LogP contribution < -0.4 is 10.5 Å². The number of nitrogens with zero attached hydrogens (tertiary/aromatic N) is 1. The molecule has 2 aromatic rings. The molecule has 0 aliphatic rings. The number of nitrogens with one attached hydrogen (secondary N) is 1. The van der Waals surface area contributed by atoms with Gasteiger partial charge in [0.15, 0.2) is 0 Å². The Bertz CT molecular complexity index is 730. The number of rotatable bonds is 3. The van der Waals surface area contributed by atoms with Crippen molar-refractivity contribution in [2.45, 2.75) is 11.8 Å². The first-order valence-electron chi connectivity index (χ1n) is 5.00. The highest BCUT2D eigenvalue weighted by Gasteiger charge is 2.21. The number of aromatic nitrogens is 1. The van der Waals surface area contributed by atoms with Crippen molar-refractivity contribution < 1.29 is 17.3 Å². The summed E-state index contributed by atoms with van der Waals surface area (Å²) < 4.78 is 44.0. The van der Waals surface area contributed by atoms with Crippen LogP contribution >= 0.6 is 11.6 Å². The highest BCUT2D eigenvalue weighted by atomic mass is 35.5. The lowest BCUT2D eigenvalue weighted by Gasteiger charge is -2.08. The molecular weight excluding hydrogens is 297 g/mol. The number of hydrogen-bond donors (Lipinski definition) is 2. The van der Waals surface area contributed by atoms with Gasteiger partial charge in [-0.15, -0.1) is 0 Å². The topological polar surface area (TPSA) is 98.2 Å². The molecule has 0 atom stereocenters. The highest BCUT2D eigenvalue weighted by Crippen LogP contribution is 2.28. The van der Waals surface area contributed by atoms with Crippen LogP contribution in [0.5, 0.6) is 0 Å². The molecule has 0 saturated carbocycles. The quantitative estimate of drug-likeness (QED) is 0.847. The Hall–Kier alpha value is -1.80. The van der Waals surface area contributed by atoms with Crippen LogP contribution in [0, 0.1) is 12.7 Å². The standard InChI is InChI=1S/C10H9ClFN3O3S/c1-5-2-10(18-14-5)15-19(16,17)9-4-8(13)7(12)3-6(9)11/h2-4,15H,13H2,1H3. The zero-order valence-corrected chi connectivity index (χ0v) is 11.2. The fraction of sp³-hybridized carbons (Fsp3) is 0.100. The molecule has 0 unspecified atom stereocenters. The first-order chi connectivity index (χ1) is 8.79. The van der Waals surface area contributed by atoms with E-state index in [0.29, 0.717) is 5.69 Å². The van der Waals surface area contributed by atoms with Crippen LogP contribution in [-0.2, 0) is 10.0 Å². The Morgan fingerprint density at radius 2 is 2.11 bits per heavy atom. The molecule has 1 aromatic heterocycles. The Labute approximate surface area is 113 Å². The third kappa shape index (κ3) is 2.79. The minimum absolute atomic E-state index is 0.0727. The fourth-order valence-corrected chi connectivity index (χ4v) is 2.87. The third-order valence-corrected chi connectivity index (χ3v) is 4.02. The summed E-state index contributed by atoms with van der Waals surface area (Å²) in [4.78, 5) is -0.345. The van der Waals surface area contributed by atoms with Gasteiger partial charge in [-0.25, -0.2) is 17.5 Å². The Morgan fingerprint density at radius 3 is 2.68 bits per heavy atom. The highest BCUT2D eigenvalue weighted by molar-refractivity contribution is 7.92. The van der Waals surface area contributed by atoms with E-state index in [0.717, 1.165) is 12.1 Å². The molecule has 9 heteroatoms. The van der Waals surface area contributed by atoms with Crippen molar-refractivity contribution >= 4 is 33.2 Å². The molecule has 0 bridgehead atoms. The molecule has 1 aromatic carbocycles. The summed E-state index contributed by atoms with van der Waals surface area (Å²) >= 11 is 5.70. The lowest BCUT2D eigenvalue weighted by molar-refractivity contribution is 0.430. The van der Waals surface area contributed by atoms with E-state index in [4.69, 9.17) is 21.9 Å². The van der Waals surface area contributed by atoms with Crippen LogP contribution in [0.15, 0.2) is 27.6 Å². The zero-order chi connectivity index (χ0) is 14.2. The molecule has 102 valence electrons. The van der Waals surface area contributed by atoms with Crippen LogP contribution in [0.1, 0.15) is 5.69 Å². The molecule has 0 amide bonds. The van der Waals surface area contributed by atoms with Crippen LogP contribution in [0.2, 0.25) is 5.02 Å². The van der Waals surface area contributed by atoms with Crippen molar-refractivity contribution in [3.63, 3.8) is 0 Å². The van der Waals surface area contributed by atoms with E-state index in [2.05, 4.69) is 9.88 Å². The fourth-order valence-electron chi connectivity index (χ4n) is 1.35. The van der Waals surface area contributed by atoms with E-state index < -0.39 is 15.8 Å². The minimum atomic E-state index is -4.03. The second kappa shape index (κ2) is 4.71. The summed E-state index contributed by atoms with van der Waals surface area (Å²) in [5.74, 6) is -0.865. The van der Waals surface area contributed by atoms with Crippen molar-refractivity contribution in [2.24, 2.45) is 0 Å². The van der Waals surface area contributed by atoms with E-state index in [9.17, 15) is 12.8 Å². The summed E-state index contributed by atoms with van der Waals surface area (Å²) in [5.41, 5.74) is 5.50. The first-order valence-corrected chi connectivity index (χ1v) is 6.86. The minimum Gasteiger partial charge on any atom is -0.396 e. The molecule has 3 N–H and O–H groups in total. The summed E-state index contributed by atoms with van der Waals surface area (Å²) in [7, 11) is -4.03. The average Bonchev–Trinajstić information content (AvgIpc) is 2.68. The second-order valence-corrected chi connectivity index (χ2v) is 5.80. The van der Waals surface area contributed by atoms with E-state index in [1.807, 2.05) is 0 Å². The van der Waals surface area contributed by atoms with Gasteiger partial charge in [-0.3, -0.25) is 0 Å². The Morgan fingerprint density at radius 1 is 1.42 bits per heavy atom. The predicted octanol–water partition coefficient (Wildman–Crippen LogP) is 2.16. The number of nitrogens with two attached hydrogens (primary N) is 1. The summed E-state index contributed by atoms with van der Waals surface area (Å²) in [6, 6.07) is 3.15. The Kier molecular flexibility index (Phi) is 3.38. The SMILES string of the molecule is Cc1cc(NS(=O)(=O)c2cc(N)c(F)cc2Cl)on1. The van der Waals surface area contributed by atoms with Gasteiger partial charge >= 0.3 is 0 Å². The van der Waals surface area contributed by atoms with E-state index in [1.54, 1.807) is 6.92 Å². The maximum absolute atomic E-state index is 13.1. The second-order valence-electron chi connectivity index (χ2n) is 3.74. The van der Waals surface area contributed by atoms with Crippen LogP contribution in [0.25, 0.3) is 0 Å². The van der Waals surface area contributed by atoms with E-state index >= 15 is 0 Å². The monoisotopic (exact) mass is 305 g/mol. The molecule has 19 heavy (non-hydrogen) atoms. The lowest BCUT2D eigenvalue weighted by Crippen LogP contribution is -2.13. The molecule has 0 spiro atoms. The first kappa shape index (κ1) is 13.6. The molecule has 2 rings (SSSR count). The van der Waals surface area contributed by atoms with Gasteiger partial charge in [0, 0.05) is 6.07 Å². The molecule has 0 fully saturated rings. The number of aryl methyl sites for hydroxylation is 1. The molecule has 0 aliphatic heterocycles. The van der Waals surface area contributed by atoms with Crippen LogP contribution in [0.4, 0.5) is 16.0 Å². The van der Waals surface area contributed by atoms with Crippen molar-refractivity contribution in [2.75, 3.05) is 10.5 Å². The summed E-state index contributed by atoms with van der Waals surface area (Å²) in [5, 5.41) is 3.25. The number of sulfonamides is 1. The third-order valence-electron chi connectivity index (χ3n) is 2.20. The van der Waals surface area contributed by atoms with Gasteiger partial charge in [-0.2, -0.15) is 0 Å². The number of benzene rings is 1. The number of hydrogen-bond acceptors (Lipinski definition) is 5. The number of halogens is 2. The zero-order valence-electron chi connectivity index (χ0n) is 9.65. The molecule has 0 aliphatic carbocycles. The molecular formula is C10H9ClFN3O3S. The summed E-state index contributed by atoms with van der Waals surface area (Å²) in [6.45, 7) is 1.63. The van der Waals surface area contributed by atoms with Crippen molar-refractivity contribution in [1.29, 1.82) is 0 Å². The van der Waals surface area contributed by atoms with Gasteiger partial charge < -0.3 is 10.3 Å². The van der Waals surface area contributed by atoms with Gasteiger partial charge in [0.05, 0.1) is 16.4 Å². The number of anilines is 2. The molecule has 6 nitrogen and oxygen atoms in total. The Balaban J connectivity index is 2.42. The maximum Gasteiger partial charge on any atom is 0.265 e. The van der Waals surface area contributed by atoms with E-state index in [1.165, 1.54) is 6.07 Å². The van der Waals surface area contributed by atoms with Crippen molar-refractivity contribution in [3.05, 3.63) is 34.7 Å². The summed E-state index contributed by atoms with van der Waals surface area (Å²) in [6.07, 6.45) is 0. The molecule has 0 saturated heterocycles. The van der Waals surface area contributed by atoms with Crippen LogP contribution in [0.3, 0.4) is 0 Å². The van der Waals surface area contributed by atoms with E-state index in [-0.39, 0.29) is 21.5 Å². The maximum atomic E-state index is 13.1. The number of nitrogen functional groups attached to an aromatic ring is 1. The van der Waals surface area contributed by atoms with Gasteiger partial charge in [-0.05, 0) is 19.1 Å². The average molecular weight is 306 g/mol. The van der Waals surface area contributed by atoms with Gasteiger partial charge in [0.25, 0.3) is 10.0 Å². The van der Waals surface area contributed by atoms with Crippen molar-refractivity contribution in [1.82, 2.24) is 5.16 Å². The van der Waals surface area contributed by atoms with Gasteiger partial charge in [0.1, 0.15) is 10.7 Å². The smallest absolute Gasteiger partial charge is 0.265 e. The predicted molar refractivity (Wildman–Crippen MR) is 67.9 cm³/mol. The van der Waals surface area contributed by atoms with Crippen LogP contribution in [-0.4, -0.2) is 13.6 Å². The van der Waals surface area contributed by atoms with Gasteiger partial charge in [0.2, 0.25) is 5.88 Å². The molecule has 1 heterocycles. The van der Waals surface area contributed by atoms with Gasteiger partial charge in [-0.1, -0.05) is 16.8 Å². The lowest BCUT2D eigenvalue weighted by atomic mass is 10.3. The largest absolute Gasteiger partial charge is 0.396 e. The molecule has 0 radical (unpaired) electrons.